The molecule has 1 spiro atoms. The number of carbonyl (C=O) groups is 1. The van der Waals surface area contributed by atoms with Gasteiger partial charge in [0.15, 0.2) is 11.6 Å². The minimum absolute atomic E-state index is 0. The molecule has 1 N–H and O–H groups in total. The Balaban J connectivity index is 0.00000324. The van der Waals surface area contributed by atoms with Crippen molar-refractivity contribution in [3.8, 4) is 11.5 Å². The molecule has 1 aromatic heterocycles. The van der Waals surface area contributed by atoms with E-state index in [2.05, 4.69) is 20.2 Å². The maximum atomic E-state index is 14.0. The van der Waals surface area contributed by atoms with Crippen molar-refractivity contribution in [2.45, 2.75) is 39.2 Å². The zero-order valence-electron chi connectivity index (χ0n) is 19.1. The van der Waals surface area contributed by atoms with E-state index in [1.54, 1.807) is 13.8 Å². The molecule has 186 valence electrons. The van der Waals surface area contributed by atoms with E-state index < -0.39 is 30.7 Å². The van der Waals surface area contributed by atoms with Crippen LogP contribution in [0.25, 0.3) is 0 Å². The molecule has 2 aromatic rings. The second kappa shape index (κ2) is 10.8. The zero-order chi connectivity index (χ0) is 23.6. The number of anilines is 1. The molecular formula is C23H29ClF3N5O2. The van der Waals surface area contributed by atoms with Crippen LogP contribution in [0.15, 0.2) is 30.7 Å². The molecule has 0 saturated carbocycles. The number of nitrogens with one attached hydrogen (secondary N) is 1. The maximum Gasteiger partial charge on any atom is 0.258 e. The van der Waals surface area contributed by atoms with Crippen LogP contribution in [-0.2, 0) is 0 Å². The molecule has 7 nitrogen and oxygen atoms in total. The molecule has 0 bridgehead atoms. The monoisotopic (exact) mass is 499 g/mol. The highest BCUT2D eigenvalue weighted by molar-refractivity contribution is 5.97. The lowest BCUT2D eigenvalue weighted by atomic mass is 9.72. The summed E-state index contributed by atoms with van der Waals surface area (Å²) in [6.45, 7) is 6.17. The van der Waals surface area contributed by atoms with Crippen LogP contribution in [0.5, 0.6) is 11.5 Å². The Bertz CT molecular complexity index is 996. The van der Waals surface area contributed by atoms with Crippen LogP contribution >= 0.6 is 12.4 Å². The van der Waals surface area contributed by atoms with Crippen molar-refractivity contribution in [1.29, 1.82) is 0 Å². The number of carbonyl (C=O) groups excluding carboxylic acids is 1. The number of halogens is 4. The van der Waals surface area contributed by atoms with Crippen LogP contribution in [0.2, 0.25) is 0 Å². The summed E-state index contributed by atoms with van der Waals surface area (Å²) < 4.78 is 46.2. The van der Waals surface area contributed by atoms with Crippen LogP contribution in [0.3, 0.4) is 0 Å². The zero-order valence-corrected chi connectivity index (χ0v) is 20.0. The highest BCUT2D eigenvalue weighted by atomic mass is 35.5. The molecule has 3 heterocycles. The van der Waals surface area contributed by atoms with Gasteiger partial charge in [0, 0.05) is 24.5 Å². The third-order valence-corrected chi connectivity index (χ3v) is 6.29. The van der Waals surface area contributed by atoms with E-state index in [1.165, 1.54) is 18.6 Å². The van der Waals surface area contributed by atoms with Gasteiger partial charge in [0.25, 0.3) is 12.3 Å². The Kier molecular flexibility index (Phi) is 8.25. The van der Waals surface area contributed by atoms with Gasteiger partial charge in [-0.05, 0) is 58.0 Å². The second-order valence-electron chi connectivity index (χ2n) is 9.00. The molecule has 1 amide bonds. The normalized spacial score (nSPS) is 16.9. The van der Waals surface area contributed by atoms with Crippen molar-refractivity contribution in [2.75, 3.05) is 37.6 Å². The standard InChI is InChI=1S/C23H28F3N5O2.ClH/c1-15(2)31(11-20(25)26)22(32)17-9-16(24)3-4-18(17)33-19-10-28-14-29-21(19)30-12-23(13-30)5-7-27-8-6-23;/h3-4,9-10,14-15,20,27H,5-8,11-13H2,1-2H3;1H. The number of rotatable bonds is 7. The Hall–Kier alpha value is -2.59. The topological polar surface area (TPSA) is 70.6 Å². The third-order valence-electron chi connectivity index (χ3n) is 6.29. The largest absolute Gasteiger partial charge is 0.451 e. The van der Waals surface area contributed by atoms with E-state index in [-0.39, 0.29) is 29.1 Å². The summed E-state index contributed by atoms with van der Waals surface area (Å²) in [6.07, 6.45) is 2.40. The van der Waals surface area contributed by atoms with Crippen molar-refractivity contribution < 1.29 is 22.7 Å². The summed E-state index contributed by atoms with van der Waals surface area (Å²) in [7, 11) is 0. The quantitative estimate of drug-likeness (QED) is 0.617. The van der Waals surface area contributed by atoms with E-state index in [0.717, 1.165) is 56.1 Å². The molecule has 2 saturated heterocycles. The summed E-state index contributed by atoms with van der Waals surface area (Å²) >= 11 is 0. The summed E-state index contributed by atoms with van der Waals surface area (Å²) in [5, 5.41) is 3.37. The summed E-state index contributed by atoms with van der Waals surface area (Å²) in [4.78, 5) is 24.6. The molecule has 2 aliphatic heterocycles. The molecular weight excluding hydrogens is 471 g/mol. The SMILES string of the molecule is CC(C)N(CC(F)F)C(=O)c1cc(F)ccc1Oc1cncnc1N1CC2(CCNCC2)C1.Cl. The molecule has 4 rings (SSSR count). The number of aromatic nitrogens is 2. The van der Waals surface area contributed by atoms with E-state index >= 15 is 0 Å². The van der Waals surface area contributed by atoms with Gasteiger partial charge in [0.05, 0.1) is 18.3 Å². The van der Waals surface area contributed by atoms with Gasteiger partial charge in [-0.1, -0.05) is 0 Å². The van der Waals surface area contributed by atoms with Crippen LogP contribution in [-0.4, -0.2) is 66.0 Å². The second-order valence-corrected chi connectivity index (χ2v) is 9.00. The Morgan fingerprint density at radius 1 is 1.24 bits per heavy atom. The predicted molar refractivity (Wildman–Crippen MR) is 125 cm³/mol. The van der Waals surface area contributed by atoms with Crippen LogP contribution in [0.4, 0.5) is 19.0 Å². The van der Waals surface area contributed by atoms with Crippen LogP contribution in [0, 0.1) is 11.2 Å². The maximum absolute atomic E-state index is 14.0. The smallest absolute Gasteiger partial charge is 0.258 e. The number of nitrogens with zero attached hydrogens (tertiary/aromatic N) is 4. The molecule has 0 atom stereocenters. The van der Waals surface area contributed by atoms with Crippen molar-refractivity contribution in [3.63, 3.8) is 0 Å². The lowest BCUT2D eigenvalue weighted by Crippen LogP contribution is -2.60. The summed E-state index contributed by atoms with van der Waals surface area (Å²) in [6, 6.07) is 3.00. The highest BCUT2D eigenvalue weighted by Crippen LogP contribution is 2.43. The number of hydrogen-bond donors (Lipinski definition) is 1. The third kappa shape index (κ3) is 5.55. The van der Waals surface area contributed by atoms with Crippen molar-refractivity contribution >= 4 is 24.1 Å². The fourth-order valence-corrected chi connectivity index (χ4v) is 4.51. The highest BCUT2D eigenvalue weighted by Gasteiger charge is 2.44. The lowest BCUT2D eigenvalue weighted by molar-refractivity contribution is 0.0473. The van der Waals surface area contributed by atoms with Gasteiger partial charge >= 0.3 is 0 Å². The minimum Gasteiger partial charge on any atom is -0.451 e. The van der Waals surface area contributed by atoms with Crippen LogP contribution < -0.4 is 15.0 Å². The molecule has 2 fully saturated rings. The van der Waals surface area contributed by atoms with Gasteiger partial charge in [-0.15, -0.1) is 12.4 Å². The first-order valence-corrected chi connectivity index (χ1v) is 11.1. The lowest BCUT2D eigenvalue weighted by Gasteiger charge is -2.53. The molecule has 34 heavy (non-hydrogen) atoms. The minimum atomic E-state index is -2.71. The van der Waals surface area contributed by atoms with Crippen molar-refractivity contribution in [1.82, 2.24) is 20.2 Å². The number of alkyl halides is 2. The average molecular weight is 500 g/mol. The molecule has 0 aliphatic carbocycles. The number of amides is 1. The molecule has 0 unspecified atom stereocenters. The fraction of sp³-hybridized carbons (Fsp3) is 0.522. The van der Waals surface area contributed by atoms with E-state index in [9.17, 15) is 18.0 Å². The summed E-state index contributed by atoms with van der Waals surface area (Å²) in [5.74, 6) is -0.408. The molecule has 1 aromatic carbocycles. The van der Waals surface area contributed by atoms with E-state index in [0.29, 0.717) is 11.6 Å². The number of ether oxygens (including phenoxy) is 1. The van der Waals surface area contributed by atoms with Crippen LogP contribution in [0.1, 0.15) is 37.0 Å². The first-order valence-electron chi connectivity index (χ1n) is 11.1. The predicted octanol–water partition coefficient (Wildman–Crippen LogP) is 4.14. The first-order chi connectivity index (χ1) is 15.8. The molecule has 2 aliphatic rings. The van der Waals surface area contributed by atoms with Gasteiger partial charge < -0.3 is 19.9 Å². The molecule has 11 heteroatoms. The molecule has 0 radical (unpaired) electrons. The number of hydrogen-bond acceptors (Lipinski definition) is 6. The van der Waals surface area contributed by atoms with Crippen molar-refractivity contribution in [2.24, 2.45) is 5.41 Å². The van der Waals surface area contributed by atoms with Crippen molar-refractivity contribution in [3.05, 3.63) is 42.1 Å². The first kappa shape index (κ1) is 26.0. The Labute approximate surface area is 203 Å². The Morgan fingerprint density at radius 3 is 2.59 bits per heavy atom. The fourth-order valence-electron chi connectivity index (χ4n) is 4.51. The summed E-state index contributed by atoms with van der Waals surface area (Å²) in [5.41, 5.74) is 0.134. The van der Waals surface area contributed by atoms with Gasteiger partial charge in [0.2, 0.25) is 0 Å². The van der Waals surface area contributed by atoms with E-state index in [4.69, 9.17) is 4.74 Å². The number of benzene rings is 1. The van der Waals surface area contributed by atoms with Gasteiger partial charge in [-0.25, -0.2) is 23.1 Å². The Morgan fingerprint density at radius 2 is 1.94 bits per heavy atom. The average Bonchev–Trinajstić information content (AvgIpc) is 2.77. The van der Waals surface area contributed by atoms with Gasteiger partial charge in [-0.3, -0.25) is 4.79 Å². The number of piperidine rings is 1. The van der Waals surface area contributed by atoms with Gasteiger partial charge in [-0.2, -0.15) is 0 Å². The van der Waals surface area contributed by atoms with Gasteiger partial charge in [0.1, 0.15) is 17.9 Å². The van der Waals surface area contributed by atoms with E-state index in [1.807, 2.05) is 0 Å².